The number of hydrogen-bond acceptors (Lipinski definition) is 7. The molecule has 1 atom stereocenters. The van der Waals surface area contributed by atoms with Crippen molar-refractivity contribution in [1.29, 1.82) is 0 Å². The van der Waals surface area contributed by atoms with Crippen LogP contribution in [-0.4, -0.2) is 71.6 Å². The summed E-state index contributed by atoms with van der Waals surface area (Å²) >= 11 is 0. The number of rotatable bonds is 8. The zero-order chi connectivity index (χ0) is 21.0. The molecule has 7 heteroatoms. The molecule has 160 valence electrons. The van der Waals surface area contributed by atoms with Gasteiger partial charge in [0.15, 0.2) is 0 Å². The first-order valence-electron chi connectivity index (χ1n) is 10.8. The Labute approximate surface area is 178 Å². The Hall–Kier alpha value is -2.51. The fourth-order valence-electron chi connectivity index (χ4n) is 3.96. The van der Waals surface area contributed by atoms with Crippen molar-refractivity contribution in [3.05, 3.63) is 47.8 Å². The van der Waals surface area contributed by atoms with Crippen LogP contribution in [-0.2, 0) is 6.42 Å². The predicted octanol–water partition coefficient (Wildman–Crippen LogP) is 2.54. The van der Waals surface area contributed by atoms with E-state index >= 15 is 0 Å². The van der Waals surface area contributed by atoms with Gasteiger partial charge >= 0.3 is 0 Å². The zero-order valence-corrected chi connectivity index (χ0v) is 18.0. The molecule has 30 heavy (non-hydrogen) atoms. The van der Waals surface area contributed by atoms with Crippen molar-refractivity contribution in [3.8, 4) is 0 Å². The van der Waals surface area contributed by atoms with Crippen LogP contribution >= 0.6 is 0 Å². The van der Waals surface area contributed by atoms with Crippen LogP contribution in [0, 0.1) is 0 Å². The van der Waals surface area contributed by atoms with Crippen molar-refractivity contribution in [1.82, 2.24) is 14.9 Å². The number of benzene rings is 1. The predicted molar refractivity (Wildman–Crippen MR) is 121 cm³/mol. The minimum Gasteiger partial charge on any atom is -0.390 e. The van der Waals surface area contributed by atoms with E-state index in [-0.39, 0.29) is 0 Å². The van der Waals surface area contributed by atoms with E-state index in [1.807, 2.05) is 18.6 Å². The number of nitrogens with one attached hydrogen (secondary N) is 1. The molecule has 0 radical (unpaired) electrons. The molecule has 2 N–H and O–H groups in total. The van der Waals surface area contributed by atoms with E-state index in [2.05, 4.69) is 61.3 Å². The maximum Gasteiger partial charge on any atom is 0.225 e. The minimum absolute atomic E-state index is 0.376. The lowest BCUT2D eigenvalue weighted by molar-refractivity contribution is 0.150. The minimum atomic E-state index is -0.495. The molecule has 1 unspecified atom stereocenters. The van der Waals surface area contributed by atoms with Gasteiger partial charge in [0.25, 0.3) is 0 Å². The highest BCUT2D eigenvalue weighted by atomic mass is 16.3. The van der Waals surface area contributed by atoms with Crippen LogP contribution in [0.3, 0.4) is 0 Å². The fourth-order valence-corrected chi connectivity index (χ4v) is 3.96. The SMILES string of the molecule is C/N=C\CNc1ccc(C(C)N2CCN(c3ncc(CC4(O)CC4)cn3)CC2)cc1. The van der Waals surface area contributed by atoms with Crippen molar-refractivity contribution < 1.29 is 5.11 Å². The number of aliphatic hydroxyl groups is 1. The number of anilines is 2. The molecule has 0 spiro atoms. The molecule has 1 saturated carbocycles. The van der Waals surface area contributed by atoms with Gasteiger partial charge in [-0.15, -0.1) is 0 Å². The Kier molecular flexibility index (Phi) is 6.29. The van der Waals surface area contributed by atoms with E-state index < -0.39 is 5.60 Å². The number of aliphatic imine (C=N–C) groups is 1. The highest BCUT2D eigenvalue weighted by Gasteiger charge is 2.40. The van der Waals surface area contributed by atoms with Gasteiger partial charge in [-0.1, -0.05) is 12.1 Å². The van der Waals surface area contributed by atoms with Crippen molar-refractivity contribution in [2.24, 2.45) is 4.99 Å². The fraction of sp³-hybridized carbons (Fsp3) is 0.522. The van der Waals surface area contributed by atoms with Crippen LogP contribution in [0.25, 0.3) is 0 Å². The van der Waals surface area contributed by atoms with Gasteiger partial charge in [0.2, 0.25) is 5.95 Å². The quantitative estimate of drug-likeness (QED) is 0.654. The smallest absolute Gasteiger partial charge is 0.225 e. The van der Waals surface area contributed by atoms with Gasteiger partial charge in [0.05, 0.1) is 5.60 Å². The molecule has 2 fully saturated rings. The molecule has 4 rings (SSSR count). The molecule has 7 nitrogen and oxygen atoms in total. The summed E-state index contributed by atoms with van der Waals surface area (Å²) in [5.41, 5.74) is 2.97. The topological polar surface area (TPSA) is 76.9 Å². The summed E-state index contributed by atoms with van der Waals surface area (Å²) in [6, 6.07) is 9.06. The van der Waals surface area contributed by atoms with Gasteiger partial charge in [-0.05, 0) is 43.0 Å². The van der Waals surface area contributed by atoms with E-state index in [0.29, 0.717) is 12.5 Å². The molecule has 2 aromatic rings. The van der Waals surface area contributed by atoms with Gasteiger partial charge in [-0.25, -0.2) is 9.97 Å². The first-order valence-corrected chi connectivity index (χ1v) is 10.8. The van der Waals surface area contributed by atoms with Crippen molar-refractivity contribution >= 4 is 17.9 Å². The van der Waals surface area contributed by atoms with Crippen LogP contribution in [0.5, 0.6) is 0 Å². The average molecular weight is 409 g/mol. The molecule has 2 aliphatic rings. The first kappa shape index (κ1) is 20.8. The maximum absolute atomic E-state index is 10.1. The second kappa shape index (κ2) is 9.10. The van der Waals surface area contributed by atoms with E-state index in [9.17, 15) is 5.11 Å². The lowest BCUT2D eigenvalue weighted by atomic mass is 10.1. The van der Waals surface area contributed by atoms with Crippen LogP contribution in [0.1, 0.15) is 36.9 Å². The van der Waals surface area contributed by atoms with Gasteiger partial charge in [0, 0.05) is 76.5 Å². The number of hydrogen-bond donors (Lipinski definition) is 2. The molecular formula is C23H32N6O. The number of nitrogens with zero attached hydrogens (tertiary/aromatic N) is 5. The number of aromatic nitrogens is 2. The van der Waals surface area contributed by atoms with E-state index in [4.69, 9.17) is 0 Å². The lowest BCUT2D eigenvalue weighted by Gasteiger charge is -2.38. The molecular weight excluding hydrogens is 376 g/mol. The maximum atomic E-state index is 10.1. The first-order chi connectivity index (χ1) is 14.6. The summed E-state index contributed by atoms with van der Waals surface area (Å²) in [6.45, 7) is 6.83. The monoisotopic (exact) mass is 408 g/mol. The standard InChI is InChI=1S/C23H32N6O/c1-18(20-3-5-21(6-4-20)25-10-9-24-2)28-11-13-29(14-12-28)22-26-16-19(17-27-22)15-23(30)7-8-23/h3-6,9,16-18,25,30H,7-8,10-15H2,1-2H3/b24-9-. The second-order valence-corrected chi connectivity index (χ2v) is 8.44. The number of piperazine rings is 1. The van der Waals surface area contributed by atoms with Crippen molar-refractivity contribution in [2.75, 3.05) is 50.0 Å². The molecule has 1 aromatic heterocycles. The largest absolute Gasteiger partial charge is 0.390 e. The van der Waals surface area contributed by atoms with Crippen molar-refractivity contribution in [2.45, 2.75) is 37.8 Å². The van der Waals surface area contributed by atoms with E-state index in [1.165, 1.54) is 5.56 Å². The summed E-state index contributed by atoms with van der Waals surface area (Å²) in [6.07, 6.45) is 8.05. The van der Waals surface area contributed by atoms with Crippen LogP contribution < -0.4 is 10.2 Å². The molecule has 1 aromatic carbocycles. The molecule has 1 saturated heterocycles. The molecule has 1 aliphatic carbocycles. The van der Waals surface area contributed by atoms with Gasteiger partial charge < -0.3 is 15.3 Å². The summed E-state index contributed by atoms with van der Waals surface area (Å²) in [7, 11) is 1.79. The zero-order valence-electron chi connectivity index (χ0n) is 18.0. The van der Waals surface area contributed by atoms with Gasteiger partial charge in [-0.3, -0.25) is 9.89 Å². The summed E-state index contributed by atoms with van der Waals surface area (Å²) in [5.74, 6) is 0.792. The second-order valence-electron chi connectivity index (χ2n) is 8.44. The third-order valence-electron chi connectivity index (χ3n) is 6.17. The van der Waals surface area contributed by atoms with E-state index in [1.54, 1.807) is 7.05 Å². The average Bonchev–Trinajstić information content (AvgIpc) is 3.51. The third kappa shape index (κ3) is 5.15. The summed E-state index contributed by atoms with van der Waals surface area (Å²) in [4.78, 5) is 17.9. The van der Waals surface area contributed by atoms with Crippen LogP contribution in [0.2, 0.25) is 0 Å². The molecule has 0 amide bonds. The van der Waals surface area contributed by atoms with Crippen molar-refractivity contribution in [3.63, 3.8) is 0 Å². The Balaban J connectivity index is 1.28. The molecule has 0 bridgehead atoms. The lowest BCUT2D eigenvalue weighted by Crippen LogP contribution is -2.47. The Bertz CT molecular complexity index is 839. The molecule has 2 heterocycles. The summed E-state index contributed by atoms with van der Waals surface area (Å²) < 4.78 is 0. The van der Waals surface area contributed by atoms with Crippen LogP contribution in [0.15, 0.2) is 41.7 Å². The molecule has 1 aliphatic heterocycles. The van der Waals surface area contributed by atoms with Gasteiger partial charge in [0.1, 0.15) is 0 Å². The highest BCUT2D eigenvalue weighted by Crippen LogP contribution is 2.38. The highest BCUT2D eigenvalue weighted by molar-refractivity contribution is 5.64. The van der Waals surface area contributed by atoms with Gasteiger partial charge in [-0.2, -0.15) is 0 Å². The normalized spacial score (nSPS) is 19.8. The Morgan fingerprint density at radius 2 is 1.80 bits per heavy atom. The van der Waals surface area contributed by atoms with Crippen LogP contribution in [0.4, 0.5) is 11.6 Å². The Morgan fingerprint density at radius 3 is 2.40 bits per heavy atom. The third-order valence-corrected chi connectivity index (χ3v) is 6.17. The summed E-state index contributed by atoms with van der Waals surface area (Å²) in [5, 5.41) is 13.4. The Morgan fingerprint density at radius 1 is 1.13 bits per heavy atom. The van der Waals surface area contributed by atoms with E-state index in [0.717, 1.165) is 62.8 Å².